The van der Waals surface area contributed by atoms with Gasteiger partial charge in [0.05, 0.1) is 7.11 Å². The van der Waals surface area contributed by atoms with Gasteiger partial charge in [0.1, 0.15) is 5.75 Å². The van der Waals surface area contributed by atoms with Crippen molar-refractivity contribution in [3.05, 3.63) is 70.1 Å². The van der Waals surface area contributed by atoms with Crippen molar-refractivity contribution < 1.29 is 9.53 Å². The molecule has 2 aromatic carbocycles. The molecule has 0 fully saturated rings. The van der Waals surface area contributed by atoms with E-state index in [9.17, 15) is 9.59 Å². The third-order valence-electron chi connectivity index (χ3n) is 4.57. The molecule has 0 aliphatic carbocycles. The Labute approximate surface area is 165 Å². The molecule has 1 amide bonds. The van der Waals surface area contributed by atoms with E-state index in [2.05, 4.69) is 26.1 Å². The average molecular weight is 378 g/mol. The van der Waals surface area contributed by atoms with Gasteiger partial charge in [0.2, 0.25) is 0 Å². The highest BCUT2D eigenvalue weighted by atomic mass is 16.5. The molecule has 0 saturated heterocycles. The van der Waals surface area contributed by atoms with E-state index in [1.807, 2.05) is 19.1 Å². The zero-order valence-corrected chi connectivity index (χ0v) is 17.0. The lowest BCUT2D eigenvalue weighted by Gasteiger charge is -2.20. The van der Waals surface area contributed by atoms with E-state index in [4.69, 9.17) is 4.74 Å². The number of ether oxygens (including phenoxy) is 1. The molecule has 0 unspecified atom stereocenters. The van der Waals surface area contributed by atoms with E-state index in [0.717, 1.165) is 16.7 Å². The Hall–Kier alpha value is -3.08. The molecule has 0 saturated carbocycles. The van der Waals surface area contributed by atoms with Crippen molar-refractivity contribution >= 4 is 22.4 Å². The highest BCUT2D eigenvalue weighted by Gasteiger charge is 2.15. The minimum absolute atomic E-state index is 0.00441. The Morgan fingerprint density at radius 3 is 2.50 bits per heavy atom. The van der Waals surface area contributed by atoms with Crippen molar-refractivity contribution in [2.45, 2.75) is 34.2 Å². The molecule has 3 aromatic rings. The quantitative estimate of drug-likeness (QED) is 0.721. The number of carbonyl (C=O) groups excluding carboxylic acids is 1. The summed E-state index contributed by atoms with van der Waals surface area (Å²) >= 11 is 0. The summed E-state index contributed by atoms with van der Waals surface area (Å²) in [6.45, 7) is 8.81. The lowest BCUT2D eigenvalue weighted by Crippen LogP contribution is -2.26. The summed E-state index contributed by atoms with van der Waals surface area (Å²) in [6, 6.07) is 12.6. The summed E-state index contributed by atoms with van der Waals surface area (Å²) in [7, 11) is 1.60. The van der Waals surface area contributed by atoms with Crippen LogP contribution in [0.2, 0.25) is 0 Å². The predicted molar refractivity (Wildman–Crippen MR) is 113 cm³/mol. The maximum Gasteiger partial charge on any atom is 0.258 e. The van der Waals surface area contributed by atoms with Gasteiger partial charge in [-0.15, -0.1) is 0 Å². The highest BCUT2D eigenvalue weighted by Crippen LogP contribution is 2.24. The molecule has 28 heavy (non-hydrogen) atoms. The number of amides is 1. The zero-order valence-electron chi connectivity index (χ0n) is 17.0. The zero-order chi connectivity index (χ0) is 20.5. The molecule has 0 atom stereocenters. The van der Waals surface area contributed by atoms with Crippen LogP contribution in [0, 0.1) is 12.3 Å². The molecule has 146 valence electrons. The van der Waals surface area contributed by atoms with Crippen molar-refractivity contribution in [2.24, 2.45) is 5.41 Å². The van der Waals surface area contributed by atoms with Gasteiger partial charge in [-0.1, -0.05) is 26.8 Å². The van der Waals surface area contributed by atoms with Crippen LogP contribution < -0.4 is 15.6 Å². The molecule has 5 nitrogen and oxygen atoms in total. The summed E-state index contributed by atoms with van der Waals surface area (Å²) in [4.78, 5) is 25.6. The average Bonchev–Trinajstić information content (AvgIpc) is 2.63. The van der Waals surface area contributed by atoms with Crippen LogP contribution in [0.1, 0.15) is 36.7 Å². The topological polar surface area (TPSA) is 60.3 Å². The molecular formula is C23H26N2O3. The van der Waals surface area contributed by atoms with Gasteiger partial charge in [0.15, 0.2) is 0 Å². The molecule has 0 radical (unpaired) electrons. The van der Waals surface area contributed by atoms with Crippen molar-refractivity contribution in [3.8, 4) is 5.75 Å². The fourth-order valence-electron chi connectivity index (χ4n) is 3.28. The Morgan fingerprint density at radius 1 is 1.11 bits per heavy atom. The van der Waals surface area contributed by atoms with Gasteiger partial charge in [-0.05, 0) is 54.3 Å². The normalized spacial score (nSPS) is 11.5. The molecule has 1 N–H and O–H groups in total. The summed E-state index contributed by atoms with van der Waals surface area (Å²) < 4.78 is 6.97. The molecule has 0 spiro atoms. The van der Waals surface area contributed by atoms with Crippen molar-refractivity contribution in [1.29, 1.82) is 0 Å². The monoisotopic (exact) mass is 378 g/mol. The van der Waals surface area contributed by atoms with Crippen molar-refractivity contribution in [3.63, 3.8) is 0 Å². The SMILES string of the molecule is COc1ccc(C(=O)Nc2cccc3c(=O)n(CC(C)(C)C)ccc23)cc1C. The van der Waals surface area contributed by atoms with Crippen molar-refractivity contribution in [1.82, 2.24) is 4.57 Å². The standard InChI is InChI=1S/C23H26N2O3/c1-15-13-16(9-10-20(15)28-5)21(26)24-19-8-6-7-18-17(19)11-12-25(22(18)27)14-23(2,3)4/h6-13H,14H2,1-5H3,(H,24,26). The first kappa shape index (κ1) is 19.7. The molecule has 3 rings (SSSR count). The highest BCUT2D eigenvalue weighted by molar-refractivity contribution is 6.09. The molecule has 0 bridgehead atoms. The summed E-state index contributed by atoms with van der Waals surface area (Å²) in [6.07, 6.45) is 1.79. The van der Waals surface area contributed by atoms with E-state index in [1.165, 1.54) is 0 Å². The van der Waals surface area contributed by atoms with Crippen LogP contribution in [0.25, 0.3) is 10.8 Å². The minimum Gasteiger partial charge on any atom is -0.496 e. The lowest BCUT2D eigenvalue weighted by molar-refractivity contribution is 0.102. The van der Waals surface area contributed by atoms with Crippen LogP contribution in [0.5, 0.6) is 5.75 Å². The Bertz CT molecular complexity index is 1090. The van der Waals surface area contributed by atoms with E-state index in [0.29, 0.717) is 23.2 Å². The van der Waals surface area contributed by atoms with Crippen LogP contribution in [-0.2, 0) is 6.54 Å². The maximum atomic E-state index is 12.9. The van der Waals surface area contributed by atoms with Crippen LogP contribution in [-0.4, -0.2) is 17.6 Å². The molecule has 1 aromatic heterocycles. The number of rotatable bonds is 4. The third-order valence-corrected chi connectivity index (χ3v) is 4.57. The van der Waals surface area contributed by atoms with E-state index in [-0.39, 0.29) is 16.9 Å². The van der Waals surface area contributed by atoms with E-state index >= 15 is 0 Å². The molecule has 0 aliphatic rings. The van der Waals surface area contributed by atoms with Crippen LogP contribution in [0.15, 0.2) is 53.5 Å². The fraction of sp³-hybridized carbons (Fsp3) is 0.304. The summed E-state index contributed by atoms with van der Waals surface area (Å²) in [5.41, 5.74) is 1.99. The van der Waals surface area contributed by atoms with Gasteiger partial charge < -0.3 is 14.6 Å². The summed E-state index contributed by atoms with van der Waals surface area (Å²) in [5.74, 6) is 0.512. The predicted octanol–water partition coefficient (Wildman–Crippen LogP) is 4.62. The van der Waals surface area contributed by atoms with Crippen LogP contribution in [0.4, 0.5) is 5.69 Å². The first-order valence-electron chi connectivity index (χ1n) is 9.28. The number of pyridine rings is 1. The number of hydrogen-bond acceptors (Lipinski definition) is 3. The van der Waals surface area contributed by atoms with Gasteiger partial charge in [0, 0.05) is 34.8 Å². The third kappa shape index (κ3) is 4.09. The molecule has 0 aliphatic heterocycles. The molecular weight excluding hydrogens is 352 g/mol. The van der Waals surface area contributed by atoms with E-state index in [1.54, 1.807) is 48.2 Å². The first-order valence-corrected chi connectivity index (χ1v) is 9.28. The second kappa shape index (κ2) is 7.50. The van der Waals surface area contributed by atoms with Gasteiger partial charge in [0.25, 0.3) is 11.5 Å². The number of aryl methyl sites for hydroxylation is 1. The minimum atomic E-state index is -0.225. The first-order chi connectivity index (χ1) is 13.2. The largest absolute Gasteiger partial charge is 0.496 e. The number of fused-ring (bicyclic) bond motifs is 1. The number of methoxy groups -OCH3 is 1. The number of nitrogens with one attached hydrogen (secondary N) is 1. The summed E-state index contributed by atoms with van der Waals surface area (Å²) in [5, 5.41) is 4.26. The number of hydrogen-bond donors (Lipinski definition) is 1. The van der Waals surface area contributed by atoms with Gasteiger partial charge >= 0.3 is 0 Å². The van der Waals surface area contributed by atoms with Crippen LogP contribution >= 0.6 is 0 Å². The fourth-order valence-corrected chi connectivity index (χ4v) is 3.28. The van der Waals surface area contributed by atoms with Crippen LogP contribution in [0.3, 0.4) is 0 Å². The van der Waals surface area contributed by atoms with Gasteiger partial charge in [-0.3, -0.25) is 9.59 Å². The second-order valence-corrected chi connectivity index (χ2v) is 8.21. The van der Waals surface area contributed by atoms with Gasteiger partial charge in [-0.2, -0.15) is 0 Å². The number of aromatic nitrogens is 1. The lowest BCUT2D eigenvalue weighted by atomic mass is 9.96. The number of carbonyl (C=O) groups is 1. The van der Waals surface area contributed by atoms with Crippen molar-refractivity contribution in [2.75, 3.05) is 12.4 Å². The Morgan fingerprint density at radius 2 is 1.86 bits per heavy atom. The number of nitrogens with zero attached hydrogens (tertiary/aromatic N) is 1. The Balaban J connectivity index is 1.95. The Kier molecular flexibility index (Phi) is 5.27. The maximum absolute atomic E-state index is 12.9. The smallest absolute Gasteiger partial charge is 0.258 e. The molecule has 1 heterocycles. The van der Waals surface area contributed by atoms with Gasteiger partial charge in [-0.25, -0.2) is 0 Å². The molecule has 5 heteroatoms. The second-order valence-electron chi connectivity index (χ2n) is 8.21. The van der Waals surface area contributed by atoms with E-state index < -0.39 is 0 Å². The number of anilines is 1. The number of benzene rings is 2.